The molecule has 0 radical (unpaired) electrons. The number of likely N-dealkylation sites (tertiary alicyclic amines) is 1. The minimum Gasteiger partial charge on any atom is -0.444 e. The molecule has 1 aromatic rings. The van der Waals surface area contributed by atoms with Gasteiger partial charge < -0.3 is 9.64 Å². The Morgan fingerprint density at radius 3 is 2.25 bits per heavy atom. The number of carbonyl (C=O) groups is 1. The van der Waals surface area contributed by atoms with E-state index in [1.807, 2.05) is 58.0 Å². The molecule has 0 unspecified atom stereocenters. The van der Waals surface area contributed by atoms with Gasteiger partial charge in [0.15, 0.2) is 0 Å². The Hall–Kier alpha value is -1.64. The van der Waals surface area contributed by atoms with E-state index >= 15 is 0 Å². The first kappa shape index (κ1) is 22.6. The summed E-state index contributed by atoms with van der Waals surface area (Å²) in [5.74, 6) is 0. The zero-order valence-corrected chi connectivity index (χ0v) is 18.4. The number of hydrogen-bond donors (Lipinski definition) is 0. The first-order chi connectivity index (χ1) is 13.0. The maximum atomic E-state index is 13.1. The van der Waals surface area contributed by atoms with Crippen molar-refractivity contribution in [1.29, 1.82) is 0 Å². The van der Waals surface area contributed by atoms with Crippen LogP contribution in [0, 0.1) is 0 Å². The van der Waals surface area contributed by atoms with Gasteiger partial charge in [-0.1, -0.05) is 37.3 Å². The number of rotatable bonds is 6. The Morgan fingerprint density at radius 1 is 1.18 bits per heavy atom. The Morgan fingerprint density at radius 2 is 1.75 bits per heavy atom. The molecule has 0 atom stereocenters. The van der Waals surface area contributed by atoms with Crippen molar-refractivity contribution in [2.75, 3.05) is 26.7 Å². The quantitative estimate of drug-likeness (QED) is 0.721. The highest BCUT2D eigenvalue weighted by Crippen LogP contribution is 2.22. The third-order valence-corrected chi connectivity index (χ3v) is 6.94. The molecule has 1 fully saturated rings. The lowest BCUT2D eigenvalue weighted by molar-refractivity contribution is 0.0182. The van der Waals surface area contributed by atoms with Crippen LogP contribution in [0.2, 0.25) is 0 Å². The minimum absolute atomic E-state index is 0.131. The van der Waals surface area contributed by atoms with Crippen molar-refractivity contribution in [1.82, 2.24) is 13.5 Å². The maximum absolute atomic E-state index is 13.1. The van der Waals surface area contributed by atoms with Crippen LogP contribution in [-0.2, 0) is 21.5 Å². The van der Waals surface area contributed by atoms with Gasteiger partial charge in [-0.15, -0.1) is 0 Å². The van der Waals surface area contributed by atoms with Crippen molar-refractivity contribution >= 4 is 16.3 Å². The molecule has 0 N–H and O–H groups in total. The molecule has 0 aromatic heterocycles. The SMILES string of the molecule is CCN(Cc1ccccc1)S(=O)(=O)N(C)C1CCN(C(=O)OC(C)(C)C)CC1. The Kier molecular flexibility index (Phi) is 7.47. The molecular weight excluding hydrogens is 378 g/mol. The van der Waals surface area contributed by atoms with Crippen molar-refractivity contribution in [3.8, 4) is 0 Å². The van der Waals surface area contributed by atoms with Crippen LogP contribution in [0.1, 0.15) is 46.1 Å². The number of piperidine rings is 1. The molecule has 7 nitrogen and oxygen atoms in total. The molecule has 158 valence electrons. The molecule has 1 amide bonds. The summed E-state index contributed by atoms with van der Waals surface area (Å²) >= 11 is 0. The molecule has 8 heteroatoms. The second kappa shape index (κ2) is 9.24. The van der Waals surface area contributed by atoms with Gasteiger partial charge in [-0.05, 0) is 39.2 Å². The molecule has 1 saturated heterocycles. The van der Waals surface area contributed by atoms with Gasteiger partial charge in [0.25, 0.3) is 10.2 Å². The third-order valence-electron chi connectivity index (χ3n) is 4.88. The second-order valence-electron chi connectivity index (χ2n) is 8.13. The van der Waals surface area contributed by atoms with E-state index in [0.29, 0.717) is 39.0 Å². The van der Waals surface area contributed by atoms with E-state index in [0.717, 1.165) is 5.56 Å². The van der Waals surface area contributed by atoms with Gasteiger partial charge in [-0.25, -0.2) is 4.79 Å². The topological polar surface area (TPSA) is 70.2 Å². The predicted molar refractivity (Wildman–Crippen MR) is 110 cm³/mol. The van der Waals surface area contributed by atoms with E-state index in [1.54, 1.807) is 11.9 Å². The molecule has 1 heterocycles. The van der Waals surface area contributed by atoms with E-state index in [9.17, 15) is 13.2 Å². The third kappa shape index (κ3) is 5.93. The van der Waals surface area contributed by atoms with Crippen molar-refractivity contribution in [3.05, 3.63) is 35.9 Å². The number of carbonyl (C=O) groups excluding carboxylic acids is 1. The number of nitrogens with zero attached hydrogens (tertiary/aromatic N) is 3. The molecule has 28 heavy (non-hydrogen) atoms. The van der Waals surface area contributed by atoms with E-state index in [4.69, 9.17) is 4.74 Å². The highest BCUT2D eigenvalue weighted by atomic mass is 32.2. The number of ether oxygens (including phenoxy) is 1. The van der Waals surface area contributed by atoms with Crippen LogP contribution in [0.3, 0.4) is 0 Å². The first-order valence-corrected chi connectivity index (χ1v) is 11.2. The lowest BCUT2D eigenvalue weighted by Crippen LogP contribution is -2.51. The van der Waals surface area contributed by atoms with Gasteiger partial charge >= 0.3 is 6.09 Å². The Labute approximate surface area is 169 Å². The summed E-state index contributed by atoms with van der Waals surface area (Å²) in [5.41, 5.74) is 0.425. The van der Waals surface area contributed by atoms with Crippen LogP contribution in [0.25, 0.3) is 0 Å². The molecule has 0 saturated carbocycles. The molecule has 1 aromatic carbocycles. The molecular formula is C20H33N3O4S. The molecule has 1 aliphatic heterocycles. The number of hydrogen-bond acceptors (Lipinski definition) is 4. The predicted octanol–water partition coefficient (Wildman–Crippen LogP) is 3.08. The van der Waals surface area contributed by atoms with Gasteiger partial charge in [0.05, 0.1) is 0 Å². The minimum atomic E-state index is -3.58. The normalized spacial score (nSPS) is 16.6. The van der Waals surface area contributed by atoms with Crippen LogP contribution in [-0.4, -0.2) is 66.3 Å². The van der Waals surface area contributed by atoms with Crippen LogP contribution in [0.15, 0.2) is 30.3 Å². The smallest absolute Gasteiger partial charge is 0.410 e. The lowest BCUT2D eigenvalue weighted by Gasteiger charge is -2.38. The van der Waals surface area contributed by atoms with Crippen molar-refractivity contribution < 1.29 is 17.9 Å². The highest BCUT2D eigenvalue weighted by Gasteiger charge is 2.35. The van der Waals surface area contributed by atoms with E-state index in [1.165, 1.54) is 8.61 Å². The van der Waals surface area contributed by atoms with Crippen LogP contribution in [0.5, 0.6) is 0 Å². The van der Waals surface area contributed by atoms with Crippen LogP contribution in [0.4, 0.5) is 4.79 Å². The molecule has 0 bridgehead atoms. The van der Waals surface area contributed by atoms with Gasteiger partial charge in [0.1, 0.15) is 5.60 Å². The van der Waals surface area contributed by atoms with E-state index in [2.05, 4.69) is 0 Å². The molecule has 0 spiro atoms. The fraction of sp³-hybridized carbons (Fsp3) is 0.650. The highest BCUT2D eigenvalue weighted by molar-refractivity contribution is 7.86. The summed E-state index contributed by atoms with van der Waals surface area (Å²) in [6.07, 6.45) is 0.853. The Balaban J connectivity index is 1.98. The monoisotopic (exact) mass is 411 g/mol. The van der Waals surface area contributed by atoms with Crippen molar-refractivity contribution in [2.24, 2.45) is 0 Å². The van der Waals surface area contributed by atoms with Gasteiger partial charge in [-0.2, -0.15) is 17.0 Å². The Bertz CT molecular complexity index is 738. The lowest BCUT2D eigenvalue weighted by atomic mass is 10.1. The molecule has 2 rings (SSSR count). The van der Waals surface area contributed by atoms with Crippen molar-refractivity contribution in [2.45, 2.75) is 58.7 Å². The van der Waals surface area contributed by atoms with E-state index in [-0.39, 0.29) is 12.1 Å². The standard InChI is InChI=1S/C20H33N3O4S/c1-6-23(16-17-10-8-7-9-11-17)28(25,26)21(5)18-12-14-22(15-13-18)19(24)27-20(2,3)4/h7-11,18H,6,12-16H2,1-5H3. The molecule has 1 aliphatic rings. The average molecular weight is 412 g/mol. The summed E-state index contributed by atoms with van der Waals surface area (Å²) in [6.45, 7) is 9.09. The zero-order valence-electron chi connectivity index (χ0n) is 17.6. The summed E-state index contributed by atoms with van der Waals surface area (Å²) in [4.78, 5) is 13.9. The summed E-state index contributed by atoms with van der Waals surface area (Å²) in [7, 11) is -1.95. The maximum Gasteiger partial charge on any atom is 0.410 e. The van der Waals surface area contributed by atoms with Gasteiger partial charge in [0.2, 0.25) is 0 Å². The number of benzene rings is 1. The average Bonchev–Trinajstić information content (AvgIpc) is 2.65. The van der Waals surface area contributed by atoms with E-state index < -0.39 is 15.8 Å². The van der Waals surface area contributed by atoms with Crippen LogP contribution >= 0.6 is 0 Å². The summed E-state index contributed by atoms with van der Waals surface area (Å²) in [5, 5.41) is 0. The fourth-order valence-electron chi connectivity index (χ4n) is 3.25. The largest absolute Gasteiger partial charge is 0.444 e. The number of amides is 1. The van der Waals surface area contributed by atoms with Crippen molar-refractivity contribution in [3.63, 3.8) is 0 Å². The first-order valence-electron chi connectivity index (χ1n) is 9.79. The van der Waals surface area contributed by atoms with Crippen LogP contribution < -0.4 is 0 Å². The fourth-order valence-corrected chi connectivity index (χ4v) is 4.84. The zero-order chi connectivity index (χ0) is 20.9. The van der Waals surface area contributed by atoms with Gasteiger partial charge in [0, 0.05) is 39.3 Å². The summed E-state index contributed by atoms with van der Waals surface area (Å²) in [6, 6.07) is 9.46. The second-order valence-corrected chi connectivity index (χ2v) is 10.1. The summed E-state index contributed by atoms with van der Waals surface area (Å²) < 4.78 is 34.6. The van der Waals surface area contributed by atoms with Gasteiger partial charge in [-0.3, -0.25) is 0 Å². The molecule has 0 aliphatic carbocycles.